The highest BCUT2D eigenvalue weighted by Crippen LogP contribution is 2.72. The van der Waals surface area contributed by atoms with E-state index < -0.39 is 88.4 Å². The van der Waals surface area contributed by atoms with Gasteiger partial charge >= 0.3 is 17.9 Å². The summed E-state index contributed by atoms with van der Waals surface area (Å²) in [5.41, 5.74) is -4.26. The second-order valence-electron chi connectivity index (χ2n) is 11.9. The first-order valence-corrected chi connectivity index (χ1v) is 12.7. The predicted molar refractivity (Wildman–Crippen MR) is 122 cm³/mol. The third kappa shape index (κ3) is 3.08. The van der Waals surface area contributed by atoms with E-state index in [0.29, 0.717) is 5.57 Å². The number of methoxy groups -OCH3 is 1. The van der Waals surface area contributed by atoms with Crippen LogP contribution in [0.25, 0.3) is 0 Å². The first kappa shape index (κ1) is 26.3. The number of esters is 3. The summed E-state index contributed by atoms with van der Waals surface area (Å²) in [6.07, 6.45) is -6.13. The Hall–Kier alpha value is -2.34. The molecule has 5 rings (SSSR count). The van der Waals surface area contributed by atoms with Gasteiger partial charge in [-0.2, -0.15) is 0 Å². The smallest absolute Gasteiger partial charge is 0.348 e. The standard InChI is InChI=1S/C26H34O11/c1-10(2)6-15(28)37-17-19-25-9-35-26(19,23(33)34-5)21(31)16(29)18(25)24(4)12(8-14(25)36-22(17)32)11(3)7-13(27)20(24)30/h7,10,12,14,16-21,29-31H,6,8-9H2,1-5H3/t12-,14-,16+,17-,18-,19-,20-,21+,24+,25-,26-/m1/s1. The maximum Gasteiger partial charge on any atom is 0.348 e. The summed E-state index contributed by atoms with van der Waals surface area (Å²) in [5, 5.41) is 34.4. The Morgan fingerprint density at radius 1 is 1.19 bits per heavy atom. The van der Waals surface area contributed by atoms with Gasteiger partial charge in [0.05, 0.1) is 25.7 Å². The molecule has 2 heterocycles. The highest BCUT2D eigenvalue weighted by atomic mass is 16.6. The van der Waals surface area contributed by atoms with Crippen LogP contribution in [0.15, 0.2) is 11.6 Å². The predicted octanol–water partition coefficient (Wildman–Crippen LogP) is -0.318. The van der Waals surface area contributed by atoms with Crippen molar-refractivity contribution in [3.8, 4) is 0 Å². The van der Waals surface area contributed by atoms with Gasteiger partial charge in [-0.3, -0.25) is 9.59 Å². The van der Waals surface area contributed by atoms with Crippen molar-refractivity contribution in [2.24, 2.45) is 34.5 Å². The molecule has 2 aliphatic heterocycles. The number of aliphatic hydroxyl groups excluding tert-OH is 3. The third-order valence-electron chi connectivity index (χ3n) is 9.67. The molecule has 1 spiro atoms. The first-order chi connectivity index (χ1) is 17.3. The first-order valence-electron chi connectivity index (χ1n) is 12.7. The minimum Gasteiger partial charge on any atom is -0.467 e. The van der Waals surface area contributed by atoms with Crippen molar-refractivity contribution in [1.82, 2.24) is 0 Å². The number of hydrogen-bond acceptors (Lipinski definition) is 11. The summed E-state index contributed by atoms with van der Waals surface area (Å²) in [7, 11) is 1.09. The molecule has 0 aromatic rings. The molecule has 204 valence electrons. The summed E-state index contributed by atoms with van der Waals surface area (Å²) in [4.78, 5) is 52.3. The van der Waals surface area contributed by atoms with E-state index >= 15 is 0 Å². The lowest BCUT2D eigenvalue weighted by atomic mass is 9.38. The summed E-state index contributed by atoms with van der Waals surface area (Å²) < 4.78 is 22.5. The van der Waals surface area contributed by atoms with E-state index in [9.17, 15) is 34.5 Å². The van der Waals surface area contributed by atoms with E-state index in [4.69, 9.17) is 18.9 Å². The zero-order chi connectivity index (χ0) is 27.2. The van der Waals surface area contributed by atoms with Gasteiger partial charge in [-0.05, 0) is 31.3 Å². The lowest BCUT2D eigenvalue weighted by Gasteiger charge is -2.67. The molecule has 0 aromatic carbocycles. The van der Waals surface area contributed by atoms with Gasteiger partial charge in [0.1, 0.15) is 18.3 Å². The van der Waals surface area contributed by atoms with Crippen molar-refractivity contribution < 1.29 is 53.4 Å². The number of ether oxygens (including phenoxy) is 4. The average Bonchev–Trinajstić information content (AvgIpc) is 3.13. The largest absolute Gasteiger partial charge is 0.467 e. The lowest BCUT2D eigenvalue weighted by Crippen LogP contribution is -2.80. The molecule has 2 saturated carbocycles. The van der Waals surface area contributed by atoms with Crippen LogP contribution in [-0.4, -0.2) is 88.8 Å². The van der Waals surface area contributed by atoms with Crippen LogP contribution in [0.1, 0.15) is 40.5 Å². The summed E-state index contributed by atoms with van der Waals surface area (Å²) in [6, 6.07) is 0. The fraction of sp³-hybridized carbons (Fsp3) is 0.769. The fourth-order valence-electron chi connectivity index (χ4n) is 8.34. The zero-order valence-corrected chi connectivity index (χ0v) is 21.5. The second-order valence-corrected chi connectivity index (χ2v) is 11.9. The molecule has 11 nitrogen and oxygen atoms in total. The minimum absolute atomic E-state index is 0.00931. The number of aliphatic hydroxyl groups is 3. The molecule has 2 bridgehead atoms. The number of fused-ring (bicyclic) bond motifs is 2. The summed E-state index contributed by atoms with van der Waals surface area (Å²) >= 11 is 0. The monoisotopic (exact) mass is 522 g/mol. The van der Waals surface area contributed by atoms with E-state index in [2.05, 4.69) is 0 Å². The SMILES string of the molecule is COC(=O)[C@]12OC[C@]34[C@H]([C@H](O)[C@@H]1O)[C@@]1(C)[C@H](O)C(=O)C=C(C)[C@H]1C[C@H]3OC(=O)[C@H](OC(=O)CC(C)C)[C@@H]24. The van der Waals surface area contributed by atoms with Crippen LogP contribution >= 0.6 is 0 Å². The fourth-order valence-corrected chi connectivity index (χ4v) is 8.34. The van der Waals surface area contributed by atoms with Crippen molar-refractivity contribution >= 4 is 23.7 Å². The third-order valence-corrected chi connectivity index (χ3v) is 9.67. The van der Waals surface area contributed by atoms with Gasteiger partial charge in [0.25, 0.3) is 0 Å². The average molecular weight is 523 g/mol. The molecule has 5 aliphatic rings. The topological polar surface area (TPSA) is 166 Å². The van der Waals surface area contributed by atoms with E-state index in [0.717, 1.165) is 7.11 Å². The zero-order valence-electron chi connectivity index (χ0n) is 21.5. The Bertz CT molecular complexity index is 1080. The number of allylic oxidation sites excluding steroid dienone is 1. The Balaban J connectivity index is 1.73. The number of rotatable bonds is 4. The Kier molecular flexibility index (Phi) is 5.91. The molecule has 0 radical (unpaired) electrons. The molecule has 0 amide bonds. The second kappa shape index (κ2) is 8.33. The van der Waals surface area contributed by atoms with Gasteiger partial charge in [0.2, 0.25) is 11.7 Å². The number of carbonyl (C=O) groups excluding carboxylic acids is 4. The van der Waals surface area contributed by atoms with Gasteiger partial charge in [-0.1, -0.05) is 26.3 Å². The maximum atomic E-state index is 13.4. The van der Waals surface area contributed by atoms with Crippen molar-refractivity contribution in [3.05, 3.63) is 11.6 Å². The van der Waals surface area contributed by atoms with E-state index in [-0.39, 0.29) is 25.4 Å². The molecular formula is C26H34O11. The van der Waals surface area contributed by atoms with Gasteiger partial charge in [-0.15, -0.1) is 0 Å². The normalized spacial score (nSPS) is 48.0. The number of carbonyl (C=O) groups is 4. The Morgan fingerprint density at radius 3 is 2.49 bits per heavy atom. The van der Waals surface area contributed by atoms with E-state index in [1.807, 2.05) is 0 Å². The molecule has 0 aromatic heterocycles. The molecule has 4 fully saturated rings. The van der Waals surface area contributed by atoms with Gasteiger partial charge in [0.15, 0.2) is 5.78 Å². The van der Waals surface area contributed by atoms with Crippen LogP contribution in [0.5, 0.6) is 0 Å². The van der Waals surface area contributed by atoms with Gasteiger partial charge < -0.3 is 34.3 Å². The Labute approximate surface area is 214 Å². The molecule has 11 atom stereocenters. The van der Waals surface area contributed by atoms with Crippen LogP contribution in [0.3, 0.4) is 0 Å². The Morgan fingerprint density at radius 2 is 1.86 bits per heavy atom. The van der Waals surface area contributed by atoms with Crippen molar-refractivity contribution in [1.29, 1.82) is 0 Å². The summed E-state index contributed by atoms with van der Waals surface area (Å²) in [6.45, 7) is 6.74. The highest BCUT2D eigenvalue weighted by molar-refractivity contribution is 5.96. The van der Waals surface area contributed by atoms with Crippen molar-refractivity contribution in [2.45, 2.75) is 76.7 Å². The quantitative estimate of drug-likeness (QED) is 0.327. The van der Waals surface area contributed by atoms with E-state index in [1.165, 1.54) is 6.08 Å². The van der Waals surface area contributed by atoms with Gasteiger partial charge in [0, 0.05) is 23.2 Å². The molecule has 0 unspecified atom stereocenters. The van der Waals surface area contributed by atoms with E-state index in [1.54, 1.807) is 27.7 Å². The number of hydrogen-bond donors (Lipinski definition) is 3. The van der Waals surface area contributed by atoms with Crippen LogP contribution < -0.4 is 0 Å². The van der Waals surface area contributed by atoms with Crippen molar-refractivity contribution in [2.75, 3.05) is 13.7 Å². The molecule has 3 aliphatic carbocycles. The molecule has 2 saturated heterocycles. The molecule has 3 N–H and O–H groups in total. The number of ketones is 1. The maximum absolute atomic E-state index is 13.4. The molecular weight excluding hydrogens is 488 g/mol. The van der Waals surface area contributed by atoms with Crippen LogP contribution in [0.4, 0.5) is 0 Å². The summed E-state index contributed by atoms with van der Waals surface area (Å²) in [5.74, 6) is -6.07. The van der Waals surface area contributed by atoms with Gasteiger partial charge in [-0.25, -0.2) is 9.59 Å². The van der Waals surface area contributed by atoms with Crippen LogP contribution in [0.2, 0.25) is 0 Å². The molecule has 37 heavy (non-hydrogen) atoms. The lowest BCUT2D eigenvalue weighted by molar-refractivity contribution is -0.298. The molecule has 11 heteroatoms. The minimum atomic E-state index is -2.23. The highest BCUT2D eigenvalue weighted by Gasteiger charge is 2.85. The van der Waals surface area contributed by atoms with Crippen molar-refractivity contribution in [3.63, 3.8) is 0 Å². The van der Waals surface area contributed by atoms with Crippen LogP contribution in [0, 0.1) is 34.5 Å². The van der Waals surface area contributed by atoms with Crippen LogP contribution in [-0.2, 0) is 38.1 Å².